The number of H-pyrrole nitrogens is 1. The third-order valence-corrected chi connectivity index (χ3v) is 5.95. The number of rotatable bonds is 5. The molecule has 2 aromatic carbocycles. The average Bonchev–Trinajstić information content (AvgIpc) is 3.58. The molecule has 0 unspecified atom stereocenters. The second kappa shape index (κ2) is 11.6. The molecule has 0 fully saturated rings. The summed E-state index contributed by atoms with van der Waals surface area (Å²) < 4.78 is 7.70. The zero-order valence-electron chi connectivity index (χ0n) is 21.0. The van der Waals surface area contributed by atoms with Crippen molar-refractivity contribution in [2.75, 3.05) is 31.0 Å². The van der Waals surface area contributed by atoms with E-state index < -0.39 is 6.09 Å². The van der Waals surface area contributed by atoms with Crippen LogP contribution in [-0.2, 0) is 4.74 Å². The number of fused-ring (bicyclic) bond motifs is 2. The zero-order valence-corrected chi connectivity index (χ0v) is 21.8. The highest BCUT2D eigenvalue weighted by atomic mass is 32.2. The fourth-order valence-corrected chi connectivity index (χ4v) is 3.99. The van der Waals surface area contributed by atoms with Gasteiger partial charge in [-0.05, 0) is 50.4 Å². The number of carbonyl (C=O) groups is 2. The van der Waals surface area contributed by atoms with Crippen molar-refractivity contribution in [3.05, 3.63) is 66.0 Å². The standard InChI is InChI=1S/C13H16N4O3S.C12H12N4/c1-20-13(19)16-11-15-9-5-3-4-6-10(9)17(11)12(18)14-7-8-21-2;1-8-7-9(2)16(15-8)12-13-10-5-3-4-6-11(10)14-12/h3-6H,7-8H2,1-2H3,(H,14,18)(H,15,16,19);3-7H,1-2H3,(H,13,14). The largest absolute Gasteiger partial charge is 0.453 e. The topological polar surface area (TPSA) is 132 Å². The number of methoxy groups -OCH3 is 1. The van der Waals surface area contributed by atoms with Gasteiger partial charge < -0.3 is 15.0 Å². The molecule has 0 radical (unpaired) electrons. The number of ether oxygens (including phenoxy) is 1. The number of carbonyl (C=O) groups excluding carboxylic acids is 2. The van der Waals surface area contributed by atoms with Gasteiger partial charge in [-0.2, -0.15) is 16.9 Å². The molecule has 3 N–H and O–H groups in total. The maximum absolute atomic E-state index is 12.3. The number of anilines is 1. The predicted octanol–water partition coefficient (Wildman–Crippen LogP) is 4.50. The summed E-state index contributed by atoms with van der Waals surface area (Å²) in [6.07, 6.45) is 1.28. The number of para-hydroxylation sites is 4. The SMILES string of the molecule is COC(=O)Nc1nc2ccccc2n1C(=O)NCCSC.Cc1cc(C)n(-c2nc3ccccc3[nH]2)n1. The quantitative estimate of drug-likeness (QED) is 0.291. The van der Waals surface area contributed by atoms with E-state index in [0.717, 1.165) is 34.1 Å². The molecule has 0 saturated carbocycles. The van der Waals surface area contributed by atoms with Crippen molar-refractivity contribution >= 4 is 51.9 Å². The molecule has 0 spiro atoms. The van der Waals surface area contributed by atoms with Gasteiger partial charge in [0.25, 0.3) is 0 Å². The van der Waals surface area contributed by atoms with Crippen LogP contribution < -0.4 is 10.6 Å². The summed E-state index contributed by atoms with van der Waals surface area (Å²) in [6, 6.07) is 16.8. The minimum absolute atomic E-state index is 0.129. The molecular formula is C25H28N8O3S. The number of hydrogen-bond donors (Lipinski definition) is 3. The Labute approximate surface area is 217 Å². The van der Waals surface area contributed by atoms with E-state index in [0.29, 0.717) is 17.6 Å². The molecule has 0 aliphatic heterocycles. The first-order valence-electron chi connectivity index (χ1n) is 11.5. The number of amides is 2. The molecule has 192 valence electrons. The molecule has 37 heavy (non-hydrogen) atoms. The molecule has 5 rings (SSSR count). The Morgan fingerprint density at radius 3 is 2.46 bits per heavy atom. The van der Waals surface area contributed by atoms with E-state index in [1.165, 1.54) is 11.7 Å². The first-order chi connectivity index (χ1) is 17.9. The van der Waals surface area contributed by atoms with Crippen molar-refractivity contribution in [1.82, 2.24) is 34.6 Å². The number of aromatic nitrogens is 6. The fraction of sp³-hybridized carbons (Fsp3) is 0.240. The third kappa shape index (κ3) is 5.92. The number of nitrogens with one attached hydrogen (secondary N) is 3. The molecule has 0 aliphatic carbocycles. The summed E-state index contributed by atoms with van der Waals surface area (Å²) in [4.78, 5) is 35.7. The maximum Gasteiger partial charge on any atom is 0.413 e. The predicted molar refractivity (Wildman–Crippen MR) is 146 cm³/mol. The van der Waals surface area contributed by atoms with Crippen LogP contribution in [-0.4, -0.2) is 67.1 Å². The average molecular weight is 521 g/mol. The minimum atomic E-state index is -0.677. The number of imidazole rings is 2. The Morgan fingerprint density at radius 1 is 1.05 bits per heavy atom. The molecule has 0 aliphatic rings. The molecule has 12 heteroatoms. The lowest BCUT2D eigenvalue weighted by Crippen LogP contribution is -2.31. The number of benzene rings is 2. The van der Waals surface area contributed by atoms with Gasteiger partial charge in [-0.3, -0.25) is 5.32 Å². The summed E-state index contributed by atoms with van der Waals surface area (Å²) in [6.45, 7) is 4.53. The van der Waals surface area contributed by atoms with E-state index in [9.17, 15) is 9.59 Å². The van der Waals surface area contributed by atoms with Crippen molar-refractivity contribution in [3.8, 4) is 5.95 Å². The minimum Gasteiger partial charge on any atom is -0.453 e. The van der Waals surface area contributed by atoms with Gasteiger partial charge in [0.2, 0.25) is 11.9 Å². The van der Waals surface area contributed by atoms with Gasteiger partial charge in [-0.25, -0.2) is 28.8 Å². The van der Waals surface area contributed by atoms with Gasteiger partial charge in [-0.15, -0.1) is 0 Å². The summed E-state index contributed by atoms with van der Waals surface area (Å²) in [5.74, 6) is 1.70. The first kappa shape index (κ1) is 25.8. The number of hydrogen-bond acceptors (Lipinski definition) is 7. The van der Waals surface area contributed by atoms with E-state index in [4.69, 9.17) is 0 Å². The molecule has 0 bridgehead atoms. The van der Waals surface area contributed by atoms with E-state index in [1.807, 2.05) is 61.2 Å². The van der Waals surface area contributed by atoms with E-state index >= 15 is 0 Å². The Bertz CT molecular complexity index is 1500. The van der Waals surface area contributed by atoms with Crippen LogP contribution in [0.1, 0.15) is 11.4 Å². The monoisotopic (exact) mass is 520 g/mol. The van der Waals surface area contributed by atoms with Gasteiger partial charge in [0.15, 0.2) is 0 Å². The van der Waals surface area contributed by atoms with Gasteiger partial charge in [0.05, 0.1) is 34.9 Å². The lowest BCUT2D eigenvalue weighted by molar-refractivity contribution is 0.186. The summed E-state index contributed by atoms with van der Waals surface area (Å²) in [5.41, 5.74) is 5.30. The molecule has 11 nitrogen and oxygen atoms in total. The van der Waals surface area contributed by atoms with E-state index in [2.05, 4.69) is 35.4 Å². The molecule has 2 amide bonds. The van der Waals surface area contributed by atoms with Crippen LogP contribution in [0.5, 0.6) is 0 Å². The highest BCUT2D eigenvalue weighted by Gasteiger charge is 2.18. The molecule has 3 aromatic heterocycles. The Morgan fingerprint density at radius 2 is 1.78 bits per heavy atom. The fourth-order valence-electron chi connectivity index (χ4n) is 3.68. The zero-order chi connectivity index (χ0) is 26.4. The third-order valence-electron chi connectivity index (χ3n) is 5.33. The number of thioether (sulfide) groups is 1. The van der Waals surface area contributed by atoms with Crippen LogP contribution in [0.25, 0.3) is 28.0 Å². The number of aromatic amines is 1. The highest BCUT2D eigenvalue weighted by molar-refractivity contribution is 7.98. The van der Waals surface area contributed by atoms with E-state index in [1.54, 1.807) is 30.0 Å². The smallest absolute Gasteiger partial charge is 0.413 e. The van der Waals surface area contributed by atoms with Crippen LogP contribution in [0.3, 0.4) is 0 Å². The summed E-state index contributed by atoms with van der Waals surface area (Å²) >= 11 is 1.63. The maximum atomic E-state index is 12.3. The van der Waals surface area contributed by atoms with E-state index in [-0.39, 0.29) is 12.0 Å². The molecule has 5 aromatic rings. The van der Waals surface area contributed by atoms with Crippen molar-refractivity contribution in [1.29, 1.82) is 0 Å². The lowest BCUT2D eigenvalue weighted by Gasteiger charge is -2.09. The first-order valence-corrected chi connectivity index (χ1v) is 12.9. The highest BCUT2D eigenvalue weighted by Crippen LogP contribution is 2.19. The molecule has 0 saturated heterocycles. The normalized spacial score (nSPS) is 10.7. The summed E-state index contributed by atoms with van der Waals surface area (Å²) in [5, 5.41) is 9.63. The second-order valence-corrected chi connectivity index (χ2v) is 9.00. The number of aryl methyl sites for hydroxylation is 2. The second-order valence-electron chi connectivity index (χ2n) is 8.02. The molecule has 3 heterocycles. The van der Waals surface area contributed by atoms with Gasteiger partial charge in [-0.1, -0.05) is 24.3 Å². The van der Waals surface area contributed by atoms with Crippen molar-refractivity contribution in [2.45, 2.75) is 13.8 Å². The van der Waals surface area contributed by atoms with Crippen LogP contribution >= 0.6 is 11.8 Å². The van der Waals surface area contributed by atoms with Gasteiger partial charge in [0.1, 0.15) is 0 Å². The molecular weight excluding hydrogens is 492 g/mol. The van der Waals surface area contributed by atoms with Crippen LogP contribution in [0.15, 0.2) is 54.6 Å². The van der Waals surface area contributed by atoms with Gasteiger partial charge in [0, 0.05) is 18.0 Å². The Kier molecular flexibility index (Phi) is 8.08. The Hall–Kier alpha value is -4.32. The van der Waals surface area contributed by atoms with Crippen molar-refractivity contribution in [3.63, 3.8) is 0 Å². The van der Waals surface area contributed by atoms with Crippen molar-refractivity contribution < 1.29 is 14.3 Å². The number of nitrogens with zero attached hydrogens (tertiary/aromatic N) is 5. The van der Waals surface area contributed by atoms with Crippen LogP contribution in [0, 0.1) is 13.8 Å². The van der Waals surface area contributed by atoms with Crippen molar-refractivity contribution in [2.24, 2.45) is 0 Å². The van der Waals surface area contributed by atoms with Crippen LogP contribution in [0.2, 0.25) is 0 Å². The molecule has 0 atom stereocenters. The van der Waals surface area contributed by atoms with Gasteiger partial charge >= 0.3 is 12.1 Å². The van der Waals surface area contributed by atoms with Crippen LogP contribution in [0.4, 0.5) is 15.5 Å². The lowest BCUT2D eigenvalue weighted by atomic mass is 10.3. The summed E-state index contributed by atoms with van der Waals surface area (Å²) in [7, 11) is 1.25. The Balaban J connectivity index is 0.000000179.